The Morgan fingerprint density at radius 1 is 1.52 bits per heavy atom. The summed E-state index contributed by atoms with van der Waals surface area (Å²) < 4.78 is 1.72. The molecule has 1 saturated carbocycles. The zero-order valence-corrected chi connectivity index (χ0v) is 12.4. The molecule has 0 aliphatic heterocycles. The maximum Gasteiger partial charge on any atom is 0.255 e. The molecular weight excluding hydrogens is 268 g/mol. The highest BCUT2D eigenvalue weighted by Gasteiger charge is 2.29. The lowest BCUT2D eigenvalue weighted by Gasteiger charge is -2.37. The highest BCUT2D eigenvalue weighted by molar-refractivity contribution is 5.97. The Bertz CT molecular complexity index is 676. The molecule has 0 radical (unpaired) electrons. The van der Waals surface area contributed by atoms with Gasteiger partial charge >= 0.3 is 0 Å². The maximum atomic E-state index is 12.7. The molecule has 0 bridgehead atoms. The van der Waals surface area contributed by atoms with Crippen molar-refractivity contribution in [2.45, 2.75) is 32.2 Å². The van der Waals surface area contributed by atoms with E-state index >= 15 is 0 Å². The van der Waals surface area contributed by atoms with Crippen molar-refractivity contribution in [1.29, 1.82) is 0 Å². The third-order valence-corrected chi connectivity index (χ3v) is 4.23. The molecule has 1 fully saturated rings. The molecule has 1 amide bonds. The summed E-state index contributed by atoms with van der Waals surface area (Å²) >= 11 is 0. The second kappa shape index (κ2) is 5.44. The molecule has 2 heterocycles. The fourth-order valence-electron chi connectivity index (χ4n) is 2.85. The second-order valence-corrected chi connectivity index (χ2v) is 5.61. The first-order chi connectivity index (χ1) is 10.1. The molecule has 2 aromatic heterocycles. The van der Waals surface area contributed by atoms with Crippen molar-refractivity contribution in [2.75, 3.05) is 13.2 Å². The molecule has 2 aromatic rings. The van der Waals surface area contributed by atoms with E-state index in [4.69, 9.17) is 0 Å². The van der Waals surface area contributed by atoms with Gasteiger partial charge in [0.05, 0.1) is 17.9 Å². The Kier molecular flexibility index (Phi) is 3.63. The van der Waals surface area contributed by atoms with Gasteiger partial charge in [0.2, 0.25) is 0 Å². The second-order valence-electron chi connectivity index (χ2n) is 5.61. The van der Waals surface area contributed by atoms with Gasteiger partial charge in [0.25, 0.3) is 5.91 Å². The minimum absolute atomic E-state index is 0.0101. The van der Waals surface area contributed by atoms with E-state index in [1.54, 1.807) is 15.8 Å². The molecule has 0 unspecified atom stereocenters. The number of nitrogens with zero attached hydrogens (tertiary/aromatic N) is 4. The molecule has 0 saturated heterocycles. The number of rotatable bonds is 4. The summed E-state index contributed by atoms with van der Waals surface area (Å²) in [6.07, 6.45) is 4.80. The van der Waals surface area contributed by atoms with Gasteiger partial charge in [0.1, 0.15) is 0 Å². The topological polar surface area (TPSA) is 71.2 Å². The summed E-state index contributed by atoms with van der Waals surface area (Å²) in [7, 11) is 1.84. The quantitative estimate of drug-likeness (QED) is 0.919. The summed E-state index contributed by atoms with van der Waals surface area (Å²) in [5.74, 6) is -0.0496. The molecule has 1 aliphatic carbocycles. The number of aryl methyl sites for hydroxylation is 2. The van der Waals surface area contributed by atoms with Gasteiger partial charge in [-0.2, -0.15) is 5.10 Å². The number of fused-ring (bicyclic) bond motifs is 1. The molecule has 21 heavy (non-hydrogen) atoms. The van der Waals surface area contributed by atoms with Crippen molar-refractivity contribution in [3.05, 3.63) is 23.5 Å². The van der Waals surface area contributed by atoms with Crippen molar-refractivity contribution < 1.29 is 9.90 Å². The minimum Gasteiger partial charge on any atom is -0.395 e. The molecule has 3 rings (SSSR count). The Labute approximate surface area is 123 Å². The number of carbonyl (C=O) groups excluding carboxylic acids is 1. The van der Waals surface area contributed by atoms with Gasteiger partial charge in [-0.25, -0.2) is 4.98 Å². The molecule has 0 spiro atoms. The number of hydrogen-bond acceptors (Lipinski definition) is 4. The van der Waals surface area contributed by atoms with Crippen LogP contribution in [0.15, 0.2) is 12.3 Å². The summed E-state index contributed by atoms with van der Waals surface area (Å²) in [5, 5.41) is 14.4. The molecule has 6 nitrogen and oxygen atoms in total. The van der Waals surface area contributed by atoms with Crippen molar-refractivity contribution >= 4 is 16.9 Å². The normalized spacial score (nSPS) is 15.2. The highest BCUT2D eigenvalue weighted by atomic mass is 16.3. The average Bonchev–Trinajstić information content (AvgIpc) is 2.70. The fraction of sp³-hybridized carbons (Fsp3) is 0.533. The van der Waals surface area contributed by atoms with Crippen LogP contribution in [0.3, 0.4) is 0 Å². The molecule has 1 aliphatic rings. The van der Waals surface area contributed by atoms with E-state index in [1.165, 1.54) is 0 Å². The standard InChI is InChI=1S/C15H20N4O2/c1-10-13-8-11(9-16-14(13)18(2)17-10)15(21)19(6-7-20)12-4-3-5-12/h8-9,12,20H,3-7H2,1-2H3. The van der Waals surface area contributed by atoms with E-state index in [2.05, 4.69) is 10.1 Å². The molecule has 0 atom stereocenters. The van der Waals surface area contributed by atoms with E-state index in [0.29, 0.717) is 12.1 Å². The van der Waals surface area contributed by atoms with Crippen LogP contribution >= 0.6 is 0 Å². The van der Waals surface area contributed by atoms with E-state index in [9.17, 15) is 9.90 Å². The van der Waals surface area contributed by atoms with Gasteiger partial charge in [-0.15, -0.1) is 0 Å². The van der Waals surface area contributed by atoms with Crippen LogP contribution in [0.5, 0.6) is 0 Å². The molecule has 6 heteroatoms. The Balaban J connectivity index is 1.94. The van der Waals surface area contributed by atoms with Crippen LogP contribution in [0.25, 0.3) is 11.0 Å². The van der Waals surface area contributed by atoms with Gasteiger partial charge in [-0.1, -0.05) is 0 Å². The first-order valence-electron chi connectivity index (χ1n) is 7.33. The monoisotopic (exact) mass is 288 g/mol. The average molecular weight is 288 g/mol. The largest absolute Gasteiger partial charge is 0.395 e. The van der Waals surface area contributed by atoms with Crippen molar-refractivity contribution in [3.8, 4) is 0 Å². The van der Waals surface area contributed by atoms with Gasteiger partial charge in [0.15, 0.2) is 5.65 Å². The van der Waals surface area contributed by atoms with E-state index in [0.717, 1.165) is 36.0 Å². The summed E-state index contributed by atoms with van der Waals surface area (Å²) in [6, 6.07) is 2.12. The maximum absolute atomic E-state index is 12.7. The lowest BCUT2D eigenvalue weighted by molar-refractivity contribution is 0.0525. The first kappa shape index (κ1) is 14.0. The van der Waals surface area contributed by atoms with Crippen LogP contribution in [0, 0.1) is 6.92 Å². The van der Waals surface area contributed by atoms with Crippen LogP contribution in [0.4, 0.5) is 0 Å². The number of aromatic nitrogens is 3. The SMILES string of the molecule is Cc1nn(C)c2ncc(C(=O)N(CCO)C3CCC3)cc12. The number of pyridine rings is 1. The number of amides is 1. The summed E-state index contributed by atoms with van der Waals surface area (Å²) in [4.78, 5) is 18.8. The number of aliphatic hydroxyl groups excluding tert-OH is 1. The molecule has 112 valence electrons. The summed E-state index contributed by atoms with van der Waals surface area (Å²) in [5.41, 5.74) is 2.22. The molecule has 1 N–H and O–H groups in total. The Morgan fingerprint density at radius 2 is 2.29 bits per heavy atom. The van der Waals surface area contributed by atoms with Gasteiger partial charge in [-0.05, 0) is 32.3 Å². The van der Waals surface area contributed by atoms with Crippen molar-refractivity contribution in [3.63, 3.8) is 0 Å². The van der Waals surface area contributed by atoms with E-state index in [1.807, 2.05) is 20.0 Å². The van der Waals surface area contributed by atoms with E-state index in [-0.39, 0.29) is 18.6 Å². The van der Waals surface area contributed by atoms with Gasteiger partial charge in [0, 0.05) is 31.2 Å². The Morgan fingerprint density at radius 3 is 2.90 bits per heavy atom. The highest BCUT2D eigenvalue weighted by Crippen LogP contribution is 2.26. The molecule has 0 aromatic carbocycles. The van der Waals surface area contributed by atoms with Crippen LogP contribution in [-0.2, 0) is 7.05 Å². The third kappa shape index (κ3) is 2.40. The van der Waals surface area contributed by atoms with Crippen molar-refractivity contribution in [1.82, 2.24) is 19.7 Å². The third-order valence-electron chi connectivity index (χ3n) is 4.23. The lowest BCUT2D eigenvalue weighted by atomic mass is 9.91. The zero-order valence-electron chi connectivity index (χ0n) is 12.4. The number of aliphatic hydroxyl groups is 1. The predicted octanol–water partition coefficient (Wildman–Crippen LogP) is 1.26. The van der Waals surface area contributed by atoms with Gasteiger partial charge in [-0.3, -0.25) is 9.48 Å². The Hall–Kier alpha value is -1.95. The first-order valence-corrected chi connectivity index (χ1v) is 7.33. The predicted molar refractivity (Wildman–Crippen MR) is 79.0 cm³/mol. The fourth-order valence-corrected chi connectivity index (χ4v) is 2.85. The molecular formula is C15H20N4O2. The van der Waals surface area contributed by atoms with E-state index < -0.39 is 0 Å². The zero-order chi connectivity index (χ0) is 15.0. The number of carbonyl (C=O) groups is 1. The van der Waals surface area contributed by atoms with Crippen LogP contribution in [-0.4, -0.2) is 49.9 Å². The smallest absolute Gasteiger partial charge is 0.255 e. The van der Waals surface area contributed by atoms with Crippen molar-refractivity contribution in [2.24, 2.45) is 7.05 Å². The minimum atomic E-state index is -0.0496. The lowest BCUT2D eigenvalue weighted by Crippen LogP contribution is -2.45. The van der Waals surface area contributed by atoms with Crippen LogP contribution in [0.2, 0.25) is 0 Å². The van der Waals surface area contributed by atoms with Crippen LogP contribution < -0.4 is 0 Å². The summed E-state index contributed by atoms with van der Waals surface area (Å²) in [6.45, 7) is 2.28. The number of hydrogen-bond donors (Lipinski definition) is 1. The van der Waals surface area contributed by atoms with Crippen LogP contribution in [0.1, 0.15) is 35.3 Å². The van der Waals surface area contributed by atoms with Gasteiger partial charge < -0.3 is 10.0 Å².